The van der Waals surface area contributed by atoms with Gasteiger partial charge in [-0.25, -0.2) is 4.79 Å². The maximum Gasteiger partial charge on any atom is 0.353 e. The predicted molar refractivity (Wildman–Crippen MR) is 72.5 cm³/mol. The molecule has 0 fully saturated rings. The molecular weight excluding hydrogens is 290 g/mol. The number of amides is 1. The average Bonchev–Trinajstić information content (AvgIpc) is 2.96. The number of carboxylic acid groups (broad SMARTS) is 1. The highest BCUT2D eigenvalue weighted by Gasteiger charge is 2.08. The van der Waals surface area contributed by atoms with E-state index in [4.69, 9.17) is 16.7 Å². The molecule has 0 aliphatic heterocycles. The molecule has 0 aliphatic rings. The Morgan fingerprint density at radius 1 is 1.47 bits per heavy atom. The van der Waals surface area contributed by atoms with Gasteiger partial charge in [0.25, 0.3) is 0 Å². The first-order chi connectivity index (χ1) is 9.04. The molecule has 2 aromatic rings. The quantitative estimate of drug-likeness (QED) is 0.755. The van der Waals surface area contributed by atoms with Crippen LogP contribution in [0, 0.1) is 0 Å². The van der Waals surface area contributed by atoms with Crippen LogP contribution in [0.5, 0.6) is 0 Å². The van der Waals surface area contributed by atoms with Gasteiger partial charge >= 0.3 is 5.97 Å². The van der Waals surface area contributed by atoms with Crippen molar-refractivity contribution in [2.75, 3.05) is 5.32 Å². The SMILES string of the molecule is O=C(C=Cc1ccc(Cl)s1)Nc1cc(C(=O)O)[nH]n1. The molecule has 0 bridgehead atoms. The van der Waals surface area contributed by atoms with Crippen LogP contribution in [-0.2, 0) is 4.79 Å². The Kier molecular flexibility index (Phi) is 3.98. The number of carbonyl (C=O) groups is 2. The van der Waals surface area contributed by atoms with Crippen LogP contribution < -0.4 is 5.32 Å². The summed E-state index contributed by atoms with van der Waals surface area (Å²) in [5.41, 5.74) is -0.0932. The second kappa shape index (κ2) is 5.68. The molecule has 6 nitrogen and oxygen atoms in total. The topological polar surface area (TPSA) is 95.1 Å². The molecule has 2 aromatic heterocycles. The molecule has 19 heavy (non-hydrogen) atoms. The number of thiophene rings is 1. The second-order valence-corrected chi connectivity index (χ2v) is 5.18. The van der Waals surface area contributed by atoms with Gasteiger partial charge in [-0.05, 0) is 18.2 Å². The number of carbonyl (C=O) groups excluding carboxylic acids is 1. The van der Waals surface area contributed by atoms with E-state index in [-0.39, 0.29) is 11.5 Å². The normalized spacial score (nSPS) is 10.8. The number of aromatic nitrogens is 2. The lowest BCUT2D eigenvalue weighted by molar-refractivity contribution is -0.111. The number of nitrogens with zero attached hydrogens (tertiary/aromatic N) is 1. The van der Waals surface area contributed by atoms with Crippen LogP contribution >= 0.6 is 22.9 Å². The van der Waals surface area contributed by atoms with Crippen LogP contribution in [0.25, 0.3) is 6.08 Å². The van der Waals surface area contributed by atoms with E-state index in [9.17, 15) is 9.59 Å². The molecule has 98 valence electrons. The number of rotatable bonds is 4. The zero-order valence-corrected chi connectivity index (χ0v) is 11.0. The first kappa shape index (κ1) is 13.3. The van der Waals surface area contributed by atoms with E-state index in [1.807, 2.05) is 0 Å². The number of halogens is 1. The summed E-state index contributed by atoms with van der Waals surface area (Å²) >= 11 is 7.10. The standard InChI is InChI=1S/C11H8ClN3O3S/c12-8-3-1-6(19-8)2-4-10(16)13-9-5-7(11(17)18)14-15-9/h1-5H,(H,17,18)(H2,13,14,15,16). The maximum atomic E-state index is 11.5. The van der Waals surface area contributed by atoms with Crippen molar-refractivity contribution in [3.8, 4) is 0 Å². The Morgan fingerprint density at radius 2 is 2.26 bits per heavy atom. The van der Waals surface area contributed by atoms with E-state index in [0.29, 0.717) is 4.34 Å². The number of carboxylic acids is 1. The fraction of sp³-hybridized carbons (Fsp3) is 0. The van der Waals surface area contributed by atoms with Crippen molar-refractivity contribution < 1.29 is 14.7 Å². The van der Waals surface area contributed by atoms with E-state index in [1.165, 1.54) is 23.5 Å². The van der Waals surface area contributed by atoms with Gasteiger partial charge in [0.2, 0.25) is 5.91 Å². The molecule has 0 spiro atoms. The summed E-state index contributed by atoms with van der Waals surface area (Å²) in [6.45, 7) is 0. The molecule has 0 unspecified atom stereocenters. The molecule has 0 saturated carbocycles. The first-order valence-electron chi connectivity index (χ1n) is 5.08. The minimum absolute atomic E-state index is 0.0932. The van der Waals surface area contributed by atoms with Crippen LogP contribution in [0.15, 0.2) is 24.3 Å². The largest absolute Gasteiger partial charge is 0.477 e. The van der Waals surface area contributed by atoms with Crippen LogP contribution in [0.3, 0.4) is 0 Å². The number of hydrogen-bond acceptors (Lipinski definition) is 4. The molecule has 0 atom stereocenters. The highest BCUT2D eigenvalue weighted by molar-refractivity contribution is 7.17. The first-order valence-corrected chi connectivity index (χ1v) is 6.27. The Hall–Kier alpha value is -2.12. The van der Waals surface area contributed by atoms with Crippen molar-refractivity contribution in [3.05, 3.63) is 39.2 Å². The lowest BCUT2D eigenvalue weighted by Gasteiger charge is -1.94. The van der Waals surface area contributed by atoms with Crippen molar-refractivity contribution in [1.29, 1.82) is 0 Å². The van der Waals surface area contributed by atoms with Crippen LogP contribution in [-0.4, -0.2) is 27.2 Å². The third kappa shape index (κ3) is 3.67. The monoisotopic (exact) mass is 297 g/mol. The summed E-state index contributed by atoms with van der Waals surface area (Å²) in [5.74, 6) is -1.40. The summed E-state index contributed by atoms with van der Waals surface area (Å²) in [6.07, 6.45) is 2.92. The smallest absolute Gasteiger partial charge is 0.353 e. The number of nitrogens with one attached hydrogen (secondary N) is 2. The van der Waals surface area contributed by atoms with Crippen LogP contribution in [0.2, 0.25) is 4.34 Å². The molecule has 8 heteroatoms. The fourth-order valence-electron chi connectivity index (χ4n) is 1.24. The summed E-state index contributed by atoms with van der Waals surface area (Å²) in [7, 11) is 0. The third-order valence-corrected chi connectivity index (χ3v) is 3.25. The summed E-state index contributed by atoms with van der Waals surface area (Å²) in [6, 6.07) is 4.75. The molecule has 0 saturated heterocycles. The van der Waals surface area contributed by atoms with Gasteiger partial charge < -0.3 is 10.4 Å². The van der Waals surface area contributed by atoms with E-state index < -0.39 is 11.9 Å². The van der Waals surface area contributed by atoms with Gasteiger partial charge in [-0.1, -0.05) is 11.6 Å². The van der Waals surface area contributed by atoms with E-state index in [2.05, 4.69) is 15.5 Å². The molecule has 2 rings (SSSR count). The molecule has 0 radical (unpaired) electrons. The zero-order valence-electron chi connectivity index (χ0n) is 9.38. The van der Waals surface area contributed by atoms with Crippen molar-refractivity contribution in [1.82, 2.24) is 10.2 Å². The average molecular weight is 298 g/mol. The molecule has 1 amide bonds. The summed E-state index contributed by atoms with van der Waals surface area (Å²) in [5, 5.41) is 17.0. The van der Waals surface area contributed by atoms with E-state index in [1.54, 1.807) is 18.2 Å². The van der Waals surface area contributed by atoms with Crippen LogP contribution in [0.4, 0.5) is 5.82 Å². The lowest BCUT2D eigenvalue weighted by atomic mass is 10.4. The number of aromatic carboxylic acids is 1. The molecule has 0 aromatic carbocycles. The van der Waals surface area contributed by atoms with Gasteiger partial charge in [0.15, 0.2) is 5.82 Å². The van der Waals surface area contributed by atoms with Gasteiger partial charge in [0.1, 0.15) is 5.69 Å². The Balaban J connectivity index is 1.97. The van der Waals surface area contributed by atoms with Gasteiger partial charge in [-0.3, -0.25) is 9.89 Å². The molecule has 0 aliphatic carbocycles. The lowest BCUT2D eigenvalue weighted by Crippen LogP contribution is -2.07. The minimum atomic E-state index is -1.14. The molecular formula is C11H8ClN3O3S. The van der Waals surface area contributed by atoms with E-state index >= 15 is 0 Å². The van der Waals surface area contributed by atoms with Crippen molar-refractivity contribution in [2.24, 2.45) is 0 Å². The summed E-state index contributed by atoms with van der Waals surface area (Å²) < 4.78 is 0.637. The van der Waals surface area contributed by atoms with Crippen molar-refractivity contribution in [2.45, 2.75) is 0 Å². The van der Waals surface area contributed by atoms with Gasteiger partial charge in [0, 0.05) is 17.0 Å². The maximum absolute atomic E-state index is 11.5. The third-order valence-electron chi connectivity index (χ3n) is 2.05. The Labute approximate surface area is 116 Å². The number of aromatic amines is 1. The Morgan fingerprint density at radius 3 is 2.84 bits per heavy atom. The molecule has 3 N–H and O–H groups in total. The molecule has 2 heterocycles. The van der Waals surface area contributed by atoms with Crippen molar-refractivity contribution >= 4 is 46.7 Å². The highest BCUT2D eigenvalue weighted by atomic mass is 35.5. The predicted octanol–water partition coefficient (Wildman–Crippen LogP) is 2.47. The minimum Gasteiger partial charge on any atom is -0.477 e. The second-order valence-electron chi connectivity index (χ2n) is 3.44. The summed E-state index contributed by atoms with van der Waals surface area (Å²) in [4.78, 5) is 23.0. The van der Waals surface area contributed by atoms with Gasteiger partial charge in [-0.2, -0.15) is 5.10 Å². The van der Waals surface area contributed by atoms with Crippen molar-refractivity contribution in [3.63, 3.8) is 0 Å². The highest BCUT2D eigenvalue weighted by Crippen LogP contribution is 2.22. The fourth-order valence-corrected chi connectivity index (χ4v) is 2.20. The van der Waals surface area contributed by atoms with Gasteiger partial charge in [0.05, 0.1) is 4.34 Å². The number of anilines is 1. The van der Waals surface area contributed by atoms with Gasteiger partial charge in [-0.15, -0.1) is 11.3 Å². The van der Waals surface area contributed by atoms with Crippen LogP contribution in [0.1, 0.15) is 15.4 Å². The Bertz CT molecular complexity index is 647. The van der Waals surface area contributed by atoms with E-state index in [0.717, 1.165) is 4.88 Å². The zero-order chi connectivity index (χ0) is 13.8. The number of H-pyrrole nitrogens is 1. The number of hydrogen-bond donors (Lipinski definition) is 3.